The van der Waals surface area contributed by atoms with Crippen molar-refractivity contribution in [2.24, 2.45) is 0 Å². The van der Waals surface area contributed by atoms with Gasteiger partial charge in [0.15, 0.2) is 0 Å². The molecule has 0 spiro atoms. The molecule has 2 aromatic heterocycles. The van der Waals surface area contributed by atoms with Gasteiger partial charge >= 0.3 is 0 Å². The molecule has 1 aliphatic carbocycles. The number of thiophene rings is 1. The first-order valence-corrected chi connectivity index (χ1v) is 8.57. The molecule has 1 aliphatic rings. The van der Waals surface area contributed by atoms with Crippen LogP contribution < -0.4 is 5.32 Å². The van der Waals surface area contributed by atoms with Gasteiger partial charge in [0.05, 0.1) is 12.8 Å². The lowest BCUT2D eigenvalue weighted by Gasteiger charge is -2.13. The minimum atomic E-state index is 0.744. The smallest absolute Gasteiger partial charge is 0.118 e. The highest BCUT2D eigenvalue weighted by atomic mass is 79.9. The molecule has 0 bridgehead atoms. The fourth-order valence-electron chi connectivity index (χ4n) is 2.18. The highest BCUT2D eigenvalue weighted by Gasteiger charge is 2.20. The lowest BCUT2D eigenvalue weighted by molar-refractivity contribution is 0.290. The van der Waals surface area contributed by atoms with Crippen LogP contribution in [0.5, 0.6) is 0 Å². The van der Waals surface area contributed by atoms with Gasteiger partial charge in [0, 0.05) is 39.4 Å². The van der Waals surface area contributed by atoms with Gasteiger partial charge < -0.3 is 9.73 Å². The Morgan fingerprint density at radius 2 is 2.25 bits per heavy atom. The molecule has 0 unspecified atom stereocenters. The van der Waals surface area contributed by atoms with Crippen LogP contribution in [0.15, 0.2) is 32.7 Å². The molecule has 3 rings (SSSR count). The zero-order valence-electron chi connectivity index (χ0n) is 11.6. The van der Waals surface area contributed by atoms with Gasteiger partial charge in [-0.15, -0.1) is 11.3 Å². The molecule has 0 aliphatic heterocycles. The van der Waals surface area contributed by atoms with Gasteiger partial charge in [0.1, 0.15) is 5.76 Å². The third kappa shape index (κ3) is 4.19. The molecule has 20 heavy (non-hydrogen) atoms. The summed E-state index contributed by atoms with van der Waals surface area (Å²) < 4.78 is 6.81. The van der Waals surface area contributed by atoms with Crippen molar-refractivity contribution in [3.63, 3.8) is 0 Å². The predicted molar refractivity (Wildman–Crippen MR) is 85.8 cm³/mol. The summed E-state index contributed by atoms with van der Waals surface area (Å²) >= 11 is 5.28. The second-order valence-corrected chi connectivity index (χ2v) is 7.39. The van der Waals surface area contributed by atoms with Crippen molar-refractivity contribution in [2.45, 2.75) is 38.5 Å². The predicted octanol–water partition coefficient (Wildman–Crippen LogP) is 3.99. The van der Waals surface area contributed by atoms with Gasteiger partial charge in [-0.25, -0.2) is 0 Å². The summed E-state index contributed by atoms with van der Waals surface area (Å²) in [5.74, 6) is 1.04. The maximum atomic E-state index is 5.64. The molecular weight excluding hydrogens is 336 g/mol. The maximum absolute atomic E-state index is 5.64. The molecule has 3 nitrogen and oxygen atoms in total. The number of furan rings is 1. The first-order valence-electron chi connectivity index (χ1n) is 6.90. The Balaban J connectivity index is 1.48. The summed E-state index contributed by atoms with van der Waals surface area (Å²) in [6, 6.07) is 5.08. The van der Waals surface area contributed by atoms with E-state index in [0.29, 0.717) is 0 Å². The molecule has 0 radical (unpaired) electrons. The van der Waals surface area contributed by atoms with Crippen molar-refractivity contribution in [3.8, 4) is 0 Å². The quantitative estimate of drug-likeness (QED) is 0.814. The Kier molecular flexibility index (Phi) is 4.61. The van der Waals surface area contributed by atoms with Gasteiger partial charge in [-0.1, -0.05) is 0 Å². The van der Waals surface area contributed by atoms with Crippen LogP contribution >= 0.6 is 27.3 Å². The van der Waals surface area contributed by atoms with Crippen LogP contribution in [-0.4, -0.2) is 18.0 Å². The zero-order valence-corrected chi connectivity index (χ0v) is 14.0. The topological polar surface area (TPSA) is 28.4 Å². The van der Waals surface area contributed by atoms with E-state index in [-0.39, 0.29) is 0 Å². The molecular formula is C15H19BrN2OS. The summed E-state index contributed by atoms with van der Waals surface area (Å²) in [5, 5.41) is 5.63. The molecule has 0 amide bonds. The molecule has 2 heterocycles. The highest BCUT2D eigenvalue weighted by molar-refractivity contribution is 9.10. The number of halogens is 1. The van der Waals surface area contributed by atoms with E-state index in [2.05, 4.69) is 50.7 Å². The third-order valence-corrected chi connectivity index (χ3v) is 5.04. The van der Waals surface area contributed by atoms with E-state index in [1.165, 1.54) is 23.3 Å². The SMILES string of the molecule is CN(Cc1cc(CNC2CC2)co1)Cc1cc(Br)cs1. The lowest BCUT2D eigenvalue weighted by Crippen LogP contribution is -2.16. The largest absolute Gasteiger partial charge is 0.468 e. The number of nitrogens with one attached hydrogen (secondary N) is 1. The van der Waals surface area contributed by atoms with E-state index in [4.69, 9.17) is 4.42 Å². The van der Waals surface area contributed by atoms with Crippen molar-refractivity contribution >= 4 is 27.3 Å². The van der Waals surface area contributed by atoms with Crippen molar-refractivity contribution in [2.75, 3.05) is 7.05 Å². The van der Waals surface area contributed by atoms with E-state index in [1.54, 1.807) is 11.3 Å². The average Bonchev–Trinajstić information content (AvgIpc) is 3.00. The standard InChI is InChI=1S/C15H19BrN2OS/c1-18(8-15-5-12(16)10-20-15)7-14-4-11(9-19-14)6-17-13-2-3-13/h4-5,9-10,13,17H,2-3,6-8H2,1H3. The zero-order chi connectivity index (χ0) is 13.9. The van der Waals surface area contributed by atoms with Crippen LogP contribution in [-0.2, 0) is 19.6 Å². The van der Waals surface area contributed by atoms with Crippen LogP contribution in [0.4, 0.5) is 0 Å². The normalized spacial score (nSPS) is 15.2. The lowest BCUT2D eigenvalue weighted by atomic mass is 10.3. The molecule has 0 saturated heterocycles. The number of hydrogen-bond acceptors (Lipinski definition) is 4. The van der Waals surface area contributed by atoms with Crippen LogP contribution in [0.1, 0.15) is 29.0 Å². The minimum absolute atomic E-state index is 0.744. The first kappa shape index (κ1) is 14.3. The molecule has 108 valence electrons. The first-order chi connectivity index (χ1) is 9.69. The highest BCUT2D eigenvalue weighted by Crippen LogP contribution is 2.22. The van der Waals surface area contributed by atoms with Gasteiger partial charge in [-0.05, 0) is 48.0 Å². The minimum Gasteiger partial charge on any atom is -0.468 e. The van der Waals surface area contributed by atoms with E-state index >= 15 is 0 Å². The molecule has 0 atom stereocenters. The molecule has 0 aromatic carbocycles. The van der Waals surface area contributed by atoms with E-state index in [9.17, 15) is 0 Å². The van der Waals surface area contributed by atoms with Crippen molar-refractivity contribution in [3.05, 3.63) is 44.4 Å². The van der Waals surface area contributed by atoms with Gasteiger partial charge in [0.25, 0.3) is 0 Å². The Bertz CT molecular complexity index is 562. The monoisotopic (exact) mass is 354 g/mol. The van der Waals surface area contributed by atoms with E-state index in [1.807, 2.05) is 6.26 Å². The van der Waals surface area contributed by atoms with Crippen LogP contribution in [0.3, 0.4) is 0 Å². The van der Waals surface area contributed by atoms with Crippen molar-refractivity contribution < 1.29 is 4.42 Å². The summed E-state index contributed by atoms with van der Waals surface area (Å²) in [6.45, 7) is 2.72. The van der Waals surface area contributed by atoms with Gasteiger partial charge in [-0.3, -0.25) is 4.90 Å². The summed E-state index contributed by atoms with van der Waals surface area (Å²) in [7, 11) is 2.12. The average molecular weight is 355 g/mol. The van der Waals surface area contributed by atoms with Crippen LogP contribution in [0.25, 0.3) is 0 Å². The summed E-state index contributed by atoms with van der Waals surface area (Å²) in [4.78, 5) is 3.64. The fraction of sp³-hybridized carbons (Fsp3) is 0.467. The van der Waals surface area contributed by atoms with Crippen LogP contribution in [0.2, 0.25) is 0 Å². The second kappa shape index (κ2) is 6.43. The van der Waals surface area contributed by atoms with E-state index < -0.39 is 0 Å². The Morgan fingerprint density at radius 1 is 1.40 bits per heavy atom. The summed E-state index contributed by atoms with van der Waals surface area (Å²) in [6.07, 6.45) is 4.52. The number of nitrogens with zero attached hydrogens (tertiary/aromatic N) is 1. The summed E-state index contributed by atoms with van der Waals surface area (Å²) in [5.41, 5.74) is 1.25. The Hall–Kier alpha value is -0.620. The molecule has 5 heteroatoms. The van der Waals surface area contributed by atoms with Gasteiger partial charge in [-0.2, -0.15) is 0 Å². The second-order valence-electron chi connectivity index (χ2n) is 5.48. The van der Waals surface area contributed by atoms with Crippen molar-refractivity contribution in [1.82, 2.24) is 10.2 Å². The Morgan fingerprint density at radius 3 is 2.95 bits per heavy atom. The van der Waals surface area contributed by atoms with Gasteiger partial charge in [0.2, 0.25) is 0 Å². The Labute approximate surface area is 132 Å². The molecule has 1 fully saturated rings. The third-order valence-electron chi connectivity index (χ3n) is 3.35. The molecule has 1 saturated carbocycles. The number of rotatable bonds is 7. The van der Waals surface area contributed by atoms with E-state index in [0.717, 1.165) is 35.9 Å². The van der Waals surface area contributed by atoms with Crippen molar-refractivity contribution in [1.29, 1.82) is 0 Å². The molecule has 1 N–H and O–H groups in total. The molecule has 2 aromatic rings. The maximum Gasteiger partial charge on any atom is 0.118 e. The number of hydrogen-bond donors (Lipinski definition) is 1. The fourth-order valence-corrected chi connectivity index (χ4v) is 3.71. The van der Waals surface area contributed by atoms with Crippen LogP contribution in [0, 0.1) is 0 Å².